The lowest BCUT2D eigenvalue weighted by Crippen LogP contribution is -2.33. The first-order valence-electron chi connectivity index (χ1n) is 5.98. The van der Waals surface area contributed by atoms with Crippen LogP contribution in [0, 0.1) is 0 Å². The van der Waals surface area contributed by atoms with Gasteiger partial charge in [0, 0.05) is 12.4 Å². The summed E-state index contributed by atoms with van der Waals surface area (Å²) in [5, 5.41) is 18.5. The van der Waals surface area contributed by atoms with Crippen LogP contribution in [0.4, 0.5) is 0 Å². The van der Waals surface area contributed by atoms with Crippen LogP contribution in [0.5, 0.6) is 0 Å². The summed E-state index contributed by atoms with van der Waals surface area (Å²) in [6.07, 6.45) is 2.80. The molecular weight excluding hydrogens is 314 g/mol. The van der Waals surface area contributed by atoms with Gasteiger partial charge in [0.05, 0.1) is 27.2 Å². The molecule has 3 N–H and O–H groups in total. The summed E-state index contributed by atoms with van der Waals surface area (Å²) in [4.78, 5) is 36.5. The zero-order valence-corrected chi connectivity index (χ0v) is 11.5. The molecule has 0 saturated heterocycles. The van der Waals surface area contributed by atoms with Gasteiger partial charge in [-0.25, -0.2) is 9.59 Å². The van der Waals surface area contributed by atoms with Crippen molar-refractivity contribution in [3.63, 3.8) is 0 Å². The Bertz CT molecular complexity index is 1030. The van der Waals surface area contributed by atoms with E-state index >= 15 is 0 Å². The number of aromatic nitrogens is 3. The maximum Gasteiger partial charge on any atom is 0.362 e. The van der Waals surface area contributed by atoms with Crippen molar-refractivity contribution in [3.8, 4) is 5.69 Å². The van der Waals surface area contributed by atoms with Crippen LogP contribution in [-0.4, -0.2) is 30.6 Å². The zero-order valence-electron chi connectivity index (χ0n) is 10.8. The van der Waals surface area contributed by atoms with Gasteiger partial charge in [0.1, 0.15) is 0 Å². The molecule has 0 aliphatic rings. The summed E-state index contributed by atoms with van der Waals surface area (Å²) in [5.41, 5.74) is -1.32. The monoisotopic (exact) mass is 321 g/mol. The van der Waals surface area contributed by atoms with Crippen molar-refractivity contribution in [3.05, 3.63) is 62.0 Å². The number of rotatable bonds is 2. The second kappa shape index (κ2) is 4.78. The van der Waals surface area contributed by atoms with Gasteiger partial charge in [-0.2, -0.15) is 0 Å². The average molecular weight is 322 g/mol. The van der Waals surface area contributed by atoms with Crippen LogP contribution in [0.2, 0.25) is 5.02 Å². The number of carbonyl (C=O) groups is 1. The number of halogens is 1. The molecule has 0 bridgehead atoms. The summed E-state index contributed by atoms with van der Waals surface area (Å²) in [6, 6.07) is 4.09. The van der Waals surface area contributed by atoms with Crippen molar-refractivity contribution in [1.82, 2.24) is 14.3 Å². The van der Waals surface area contributed by atoms with E-state index in [1.807, 2.05) is 0 Å². The quantitative estimate of drug-likeness (QED) is 0.610. The Hall–Kier alpha value is -3.00. The van der Waals surface area contributed by atoms with E-state index in [9.17, 15) is 19.6 Å². The Morgan fingerprint density at radius 1 is 1.27 bits per heavy atom. The van der Waals surface area contributed by atoms with Gasteiger partial charge in [0.15, 0.2) is 0 Å². The fraction of sp³-hybridized carbons (Fsp3) is 0. The molecule has 8 nitrogen and oxygen atoms in total. The van der Waals surface area contributed by atoms with Crippen molar-refractivity contribution < 1.29 is 15.1 Å². The van der Waals surface area contributed by atoms with Gasteiger partial charge in [-0.1, -0.05) is 16.3 Å². The van der Waals surface area contributed by atoms with E-state index in [-0.39, 0.29) is 26.2 Å². The van der Waals surface area contributed by atoms with Gasteiger partial charge < -0.3 is 19.9 Å². The summed E-state index contributed by atoms with van der Waals surface area (Å²) < 4.78 is 1.38. The topological polar surface area (TPSA) is 117 Å². The lowest BCUT2D eigenvalue weighted by molar-refractivity contribution is 0.0697. The molecule has 0 unspecified atom stereocenters. The van der Waals surface area contributed by atoms with E-state index in [2.05, 4.69) is 4.98 Å². The molecule has 2 aromatic heterocycles. The fourth-order valence-electron chi connectivity index (χ4n) is 2.09. The Morgan fingerprint density at radius 2 is 2.00 bits per heavy atom. The third-order valence-electron chi connectivity index (χ3n) is 3.16. The molecule has 0 amide bonds. The highest BCUT2D eigenvalue weighted by molar-refractivity contribution is 6.33. The summed E-state index contributed by atoms with van der Waals surface area (Å²) in [6.45, 7) is 0. The minimum atomic E-state index is -1.10. The minimum absolute atomic E-state index is 0.0343. The predicted octanol–water partition coefficient (Wildman–Crippen LogP) is 1.07. The first kappa shape index (κ1) is 14.0. The Labute approximate surface area is 126 Å². The third-order valence-corrected chi connectivity index (χ3v) is 3.46. The van der Waals surface area contributed by atoms with Crippen molar-refractivity contribution >= 4 is 28.5 Å². The van der Waals surface area contributed by atoms with Crippen molar-refractivity contribution in [2.24, 2.45) is 0 Å². The first-order chi connectivity index (χ1) is 10.4. The zero-order chi connectivity index (χ0) is 16.0. The van der Waals surface area contributed by atoms with Crippen LogP contribution < -0.4 is 11.2 Å². The smallest absolute Gasteiger partial charge is 0.362 e. The number of carboxylic acid groups (broad SMARTS) is 1. The molecule has 0 aliphatic heterocycles. The number of hydrogen-bond acceptors (Lipinski definition) is 4. The van der Waals surface area contributed by atoms with Crippen molar-refractivity contribution in [2.75, 3.05) is 0 Å². The molecule has 22 heavy (non-hydrogen) atoms. The number of hydrogen-bond donors (Lipinski definition) is 3. The highest BCUT2D eigenvalue weighted by Gasteiger charge is 2.13. The number of nitrogens with zero attached hydrogens (tertiary/aromatic N) is 2. The van der Waals surface area contributed by atoms with E-state index in [0.29, 0.717) is 5.69 Å². The first-order valence-corrected chi connectivity index (χ1v) is 6.36. The van der Waals surface area contributed by atoms with Crippen molar-refractivity contribution in [2.45, 2.75) is 0 Å². The maximum atomic E-state index is 11.9. The Balaban J connectivity index is 2.30. The molecule has 0 atom stereocenters. The van der Waals surface area contributed by atoms with Gasteiger partial charge >= 0.3 is 11.7 Å². The number of nitrogens with one attached hydrogen (secondary N) is 1. The third kappa shape index (κ3) is 2.06. The highest BCUT2D eigenvalue weighted by Crippen LogP contribution is 2.24. The van der Waals surface area contributed by atoms with Gasteiger partial charge in [0.25, 0.3) is 5.56 Å². The molecule has 2 heterocycles. The van der Waals surface area contributed by atoms with Crippen LogP contribution in [0.25, 0.3) is 16.6 Å². The summed E-state index contributed by atoms with van der Waals surface area (Å²) in [5.74, 6) is -1.10. The van der Waals surface area contributed by atoms with E-state index in [1.165, 1.54) is 35.2 Å². The molecule has 3 aromatic rings. The van der Waals surface area contributed by atoms with E-state index in [4.69, 9.17) is 16.7 Å². The number of aromatic amines is 1. The van der Waals surface area contributed by atoms with Crippen LogP contribution in [0.3, 0.4) is 0 Å². The van der Waals surface area contributed by atoms with Crippen LogP contribution in [0.15, 0.2) is 40.2 Å². The van der Waals surface area contributed by atoms with Gasteiger partial charge in [-0.05, 0) is 18.2 Å². The molecule has 0 spiro atoms. The Kier molecular flexibility index (Phi) is 3.03. The largest absolute Gasteiger partial charge is 0.478 e. The van der Waals surface area contributed by atoms with Crippen LogP contribution in [0.1, 0.15) is 10.4 Å². The molecule has 0 aliphatic carbocycles. The highest BCUT2D eigenvalue weighted by atomic mass is 35.5. The van der Waals surface area contributed by atoms with Crippen LogP contribution in [-0.2, 0) is 0 Å². The lowest BCUT2D eigenvalue weighted by atomic mass is 10.2. The standard InChI is InChI=1S/C13H8ClN3O5/c14-8-4-9-7(11(18)17(22)13(21)15-9)3-10(8)16-2-1-6(5-16)12(19)20/h1-5,22H,(H,15,21)(H,19,20). The summed E-state index contributed by atoms with van der Waals surface area (Å²) in [7, 11) is 0. The number of H-pyrrole nitrogens is 1. The Morgan fingerprint density at radius 3 is 2.64 bits per heavy atom. The van der Waals surface area contributed by atoms with E-state index < -0.39 is 17.2 Å². The SMILES string of the molecule is O=C(O)c1ccn(-c2cc3c(=O)n(O)c(=O)[nH]c3cc2Cl)c1. The number of fused-ring (bicyclic) bond motifs is 1. The van der Waals surface area contributed by atoms with Crippen LogP contribution >= 0.6 is 11.6 Å². The molecule has 3 rings (SSSR count). The molecule has 1 aromatic carbocycles. The number of aromatic carboxylic acids is 1. The molecule has 0 fully saturated rings. The minimum Gasteiger partial charge on any atom is -0.478 e. The second-order valence-electron chi connectivity index (χ2n) is 4.51. The molecular formula is C13H8ClN3O5. The molecule has 0 radical (unpaired) electrons. The van der Waals surface area contributed by atoms with Crippen molar-refractivity contribution in [1.29, 1.82) is 0 Å². The molecule has 0 saturated carbocycles. The molecule has 9 heteroatoms. The maximum absolute atomic E-state index is 11.9. The van der Waals surface area contributed by atoms with E-state index in [1.54, 1.807) is 0 Å². The van der Waals surface area contributed by atoms with Gasteiger partial charge in [-0.3, -0.25) is 4.79 Å². The fourth-order valence-corrected chi connectivity index (χ4v) is 2.35. The number of benzene rings is 1. The normalized spacial score (nSPS) is 11.0. The predicted molar refractivity (Wildman–Crippen MR) is 77.3 cm³/mol. The van der Waals surface area contributed by atoms with E-state index in [0.717, 1.165) is 0 Å². The van der Waals surface area contributed by atoms with Gasteiger partial charge in [-0.15, -0.1) is 0 Å². The molecule has 112 valence electrons. The average Bonchev–Trinajstić information content (AvgIpc) is 2.94. The summed E-state index contributed by atoms with van der Waals surface area (Å²) >= 11 is 6.11. The second-order valence-corrected chi connectivity index (χ2v) is 4.92. The number of carboxylic acids is 1. The lowest BCUT2D eigenvalue weighted by Gasteiger charge is -2.08. The van der Waals surface area contributed by atoms with Gasteiger partial charge in [0.2, 0.25) is 0 Å².